The zero-order valence-corrected chi connectivity index (χ0v) is 8.12. The summed E-state index contributed by atoms with van der Waals surface area (Å²) in [5.74, 6) is 0.183. The van der Waals surface area contributed by atoms with Gasteiger partial charge in [-0.3, -0.25) is 4.79 Å². The highest BCUT2D eigenvalue weighted by Crippen LogP contribution is 2.11. The van der Waals surface area contributed by atoms with Crippen molar-refractivity contribution in [2.24, 2.45) is 0 Å². The normalized spacial score (nSPS) is 23.7. The Morgan fingerprint density at radius 3 is 3.08 bits per heavy atom. The number of aliphatic hydroxyl groups excluding tert-OH is 1. The van der Waals surface area contributed by atoms with Crippen LogP contribution in [0.25, 0.3) is 0 Å². The molecule has 1 heterocycles. The molecule has 1 rings (SSSR count). The van der Waals surface area contributed by atoms with Crippen LogP contribution in [0.5, 0.6) is 0 Å². The first-order valence-electron chi connectivity index (χ1n) is 4.86. The Balaban J connectivity index is 2.40. The quantitative estimate of drug-likeness (QED) is 0.627. The van der Waals surface area contributed by atoms with Gasteiger partial charge < -0.3 is 15.3 Å². The van der Waals surface area contributed by atoms with E-state index in [4.69, 9.17) is 5.11 Å². The Labute approximate surface area is 78.9 Å². The van der Waals surface area contributed by atoms with E-state index in [1.54, 1.807) is 0 Å². The van der Waals surface area contributed by atoms with E-state index < -0.39 is 0 Å². The van der Waals surface area contributed by atoms with Crippen LogP contribution in [-0.2, 0) is 4.79 Å². The molecule has 1 fully saturated rings. The number of rotatable bonds is 4. The van der Waals surface area contributed by atoms with E-state index in [0.717, 1.165) is 19.4 Å². The number of likely N-dealkylation sites (tertiary alicyclic amines) is 1. The van der Waals surface area contributed by atoms with Gasteiger partial charge in [0.25, 0.3) is 0 Å². The monoisotopic (exact) mass is 186 g/mol. The number of nitrogens with zero attached hydrogens (tertiary/aromatic N) is 1. The molecular formula is C9H18N2O2. The molecule has 1 unspecified atom stereocenters. The first kappa shape index (κ1) is 10.5. The van der Waals surface area contributed by atoms with Crippen LogP contribution in [0.15, 0.2) is 0 Å². The number of hydrogen-bond donors (Lipinski definition) is 2. The third-order valence-corrected chi connectivity index (χ3v) is 2.47. The predicted molar refractivity (Wildman–Crippen MR) is 50.4 cm³/mol. The Morgan fingerprint density at radius 2 is 2.46 bits per heavy atom. The maximum atomic E-state index is 11.6. The van der Waals surface area contributed by atoms with Crippen molar-refractivity contribution in [3.8, 4) is 0 Å². The minimum Gasteiger partial charge on any atom is -0.396 e. The van der Waals surface area contributed by atoms with Crippen molar-refractivity contribution in [1.29, 1.82) is 0 Å². The van der Waals surface area contributed by atoms with Crippen molar-refractivity contribution >= 4 is 5.91 Å². The average Bonchev–Trinajstić information content (AvgIpc) is 2.16. The second kappa shape index (κ2) is 5.19. The fraction of sp³-hybridized carbons (Fsp3) is 0.889. The molecule has 0 aromatic carbocycles. The van der Waals surface area contributed by atoms with Crippen LogP contribution in [0.1, 0.15) is 19.3 Å². The Bertz CT molecular complexity index is 173. The number of piperidine rings is 1. The summed E-state index contributed by atoms with van der Waals surface area (Å²) in [6.45, 7) is 1.69. The molecule has 1 atom stereocenters. The third-order valence-electron chi connectivity index (χ3n) is 2.47. The van der Waals surface area contributed by atoms with Crippen molar-refractivity contribution in [3.63, 3.8) is 0 Å². The van der Waals surface area contributed by atoms with Crippen LogP contribution in [0.2, 0.25) is 0 Å². The maximum absolute atomic E-state index is 11.6. The molecule has 1 saturated heterocycles. The summed E-state index contributed by atoms with van der Waals surface area (Å²) >= 11 is 0. The van der Waals surface area contributed by atoms with Gasteiger partial charge in [-0.1, -0.05) is 0 Å². The van der Waals surface area contributed by atoms with Crippen LogP contribution in [0.4, 0.5) is 0 Å². The van der Waals surface area contributed by atoms with Crippen LogP contribution < -0.4 is 5.32 Å². The second-order valence-electron chi connectivity index (χ2n) is 3.39. The first-order valence-corrected chi connectivity index (χ1v) is 4.86. The smallest absolute Gasteiger partial charge is 0.239 e. The van der Waals surface area contributed by atoms with E-state index in [1.807, 2.05) is 11.9 Å². The number of likely N-dealkylation sites (N-methyl/N-ethyl adjacent to an activating group) is 1. The number of hydrogen-bond acceptors (Lipinski definition) is 3. The fourth-order valence-electron chi connectivity index (χ4n) is 1.69. The van der Waals surface area contributed by atoms with Gasteiger partial charge in [0.1, 0.15) is 0 Å². The molecule has 0 bridgehead atoms. The first-order chi connectivity index (χ1) is 6.29. The molecule has 0 aromatic rings. The zero-order valence-electron chi connectivity index (χ0n) is 8.12. The highest BCUT2D eigenvalue weighted by atomic mass is 16.3. The molecule has 13 heavy (non-hydrogen) atoms. The highest BCUT2D eigenvalue weighted by Gasteiger charge is 2.26. The Morgan fingerprint density at radius 1 is 1.69 bits per heavy atom. The largest absolute Gasteiger partial charge is 0.396 e. The summed E-state index contributed by atoms with van der Waals surface area (Å²) in [5.41, 5.74) is 0. The zero-order chi connectivity index (χ0) is 9.68. The minimum absolute atomic E-state index is 0.00700. The van der Waals surface area contributed by atoms with Gasteiger partial charge in [0.2, 0.25) is 5.91 Å². The van der Waals surface area contributed by atoms with E-state index >= 15 is 0 Å². The van der Waals surface area contributed by atoms with Gasteiger partial charge in [0, 0.05) is 19.7 Å². The van der Waals surface area contributed by atoms with E-state index in [9.17, 15) is 4.79 Å². The number of carbonyl (C=O) groups is 1. The van der Waals surface area contributed by atoms with Crippen molar-refractivity contribution < 1.29 is 9.90 Å². The van der Waals surface area contributed by atoms with Crippen LogP contribution in [0, 0.1) is 0 Å². The fourth-order valence-corrected chi connectivity index (χ4v) is 1.69. The molecule has 4 heteroatoms. The number of aliphatic hydroxyl groups is 1. The summed E-state index contributed by atoms with van der Waals surface area (Å²) in [6, 6.07) is -0.00700. The maximum Gasteiger partial charge on any atom is 0.239 e. The topological polar surface area (TPSA) is 52.6 Å². The van der Waals surface area contributed by atoms with Crippen LogP contribution in [0.3, 0.4) is 0 Å². The molecule has 0 spiro atoms. The molecule has 1 amide bonds. The number of amides is 1. The van der Waals surface area contributed by atoms with E-state index in [-0.39, 0.29) is 18.6 Å². The SMILES string of the molecule is CNC1CCCN(CCCO)C1=O. The molecule has 0 radical (unpaired) electrons. The molecule has 0 aliphatic carbocycles. The number of carbonyl (C=O) groups excluding carboxylic acids is 1. The van der Waals surface area contributed by atoms with Crippen LogP contribution >= 0.6 is 0 Å². The standard InChI is InChI=1S/C9H18N2O2/c1-10-8-4-2-5-11(9(8)13)6-3-7-12/h8,10,12H,2-7H2,1H3. The van der Waals surface area contributed by atoms with Crippen molar-refractivity contribution in [3.05, 3.63) is 0 Å². The Hall–Kier alpha value is -0.610. The third kappa shape index (κ3) is 2.67. The lowest BCUT2D eigenvalue weighted by Gasteiger charge is -2.31. The van der Waals surface area contributed by atoms with E-state index in [0.29, 0.717) is 13.0 Å². The molecule has 2 N–H and O–H groups in total. The van der Waals surface area contributed by atoms with E-state index in [2.05, 4.69) is 5.32 Å². The Kier molecular flexibility index (Phi) is 4.18. The summed E-state index contributed by atoms with van der Waals surface area (Å²) in [7, 11) is 1.82. The highest BCUT2D eigenvalue weighted by molar-refractivity contribution is 5.82. The molecule has 1 aliphatic heterocycles. The van der Waals surface area contributed by atoms with Gasteiger partial charge in [-0.15, -0.1) is 0 Å². The molecule has 0 saturated carbocycles. The van der Waals surface area contributed by atoms with Crippen molar-refractivity contribution in [2.45, 2.75) is 25.3 Å². The lowest BCUT2D eigenvalue weighted by Crippen LogP contribution is -2.49. The molecular weight excluding hydrogens is 168 g/mol. The molecule has 76 valence electrons. The van der Waals surface area contributed by atoms with Gasteiger partial charge >= 0.3 is 0 Å². The predicted octanol–water partition coefficient (Wildman–Crippen LogP) is -0.421. The van der Waals surface area contributed by atoms with Gasteiger partial charge in [0.15, 0.2) is 0 Å². The van der Waals surface area contributed by atoms with Gasteiger partial charge in [-0.05, 0) is 26.3 Å². The van der Waals surface area contributed by atoms with Gasteiger partial charge in [0.05, 0.1) is 6.04 Å². The minimum atomic E-state index is -0.00700. The number of nitrogens with one attached hydrogen (secondary N) is 1. The summed E-state index contributed by atoms with van der Waals surface area (Å²) in [5, 5.41) is 11.7. The van der Waals surface area contributed by atoms with Gasteiger partial charge in [-0.25, -0.2) is 0 Å². The van der Waals surface area contributed by atoms with Gasteiger partial charge in [-0.2, -0.15) is 0 Å². The summed E-state index contributed by atoms with van der Waals surface area (Å²) in [6.07, 6.45) is 2.68. The second-order valence-corrected chi connectivity index (χ2v) is 3.39. The average molecular weight is 186 g/mol. The van der Waals surface area contributed by atoms with Crippen LogP contribution in [-0.4, -0.2) is 48.7 Å². The molecule has 4 nitrogen and oxygen atoms in total. The lowest BCUT2D eigenvalue weighted by molar-refractivity contribution is -0.135. The van der Waals surface area contributed by atoms with E-state index in [1.165, 1.54) is 0 Å². The van der Waals surface area contributed by atoms with Crippen molar-refractivity contribution in [1.82, 2.24) is 10.2 Å². The lowest BCUT2D eigenvalue weighted by atomic mass is 10.1. The molecule has 1 aliphatic rings. The molecule has 0 aromatic heterocycles. The summed E-state index contributed by atoms with van der Waals surface area (Å²) < 4.78 is 0. The van der Waals surface area contributed by atoms with Crippen molar-refractivity contribution in [2.75, 3.05) is 26.7 Å². The summed E-state index contributed by atoms with van der Waals surface area (Å²) in [4.78, 5) is 13.5.